The minimum absolute atomic E-state index is 0. The molecule has 1 fully saturated rings. The maximum atomic E-state index is 5.47. The van der Waals surface area contributed by atoms with Gasteiger partial charge in [-0.3, -0.25) is 9.89 Å². The number of aromatic nitrogens is 1. The van der Waals surface area contributed by atoms with Crippen molar-refractivity contribution in [1.29, 1.82) is 0 Å². The van der Waals surface area contributed by atoms with Crippen LogP contribution in [0.3, 0.4) is 0 Å². The number of nitrogens with one attached hydrogen (secondary N) is 2. The summed E-state index contributed by atoms with van der Waals surface area (Å²) < 4.78 is 5.47. The summed E-state index contributed by atoms with van der Waals surface area (Å²) in [6, 6.07) is 15.5. The molecule has 2 heterocycles. The first kappa shape index (κ1) is 23.4. The SMILES string of the molecule is CCOc1cc(CNC(=NC)NC2CC(C)N(Cc3ccccc3)C2)ccn1.I. The summed E-state index contributed by atoms with van der Waals surface area (Å²) in [5.74, 6) is 1.49. The molecule has 0 bridgehead atoms. The van der Waals surface area contributed by atoms with E-state index in [0.29, 0.717) is 31.1 Å². The summed E-state index contributed by atoms with van der Waals surface area (Å²) >= 11 is 0. The van der Waals surface area contributed by atoms with Gasteiger partial charge in [0.1, 0.15) is 0 Å². The summed E-state index contributed by atoms with van der Waals surface area (Å²) in [7, 11) is 1.81. The van der Waals surface area contributed by atoms with Crippen molar-refractivity contribution in [3.63, 3.8) is 0 Å². The van der Waals surface area contributed by atoms with Crippen LogP contribution in [0.5, 0.6) is 5.88 Å². The minimum atomic E-state index is 0. The van der Waals surface area contributed by atoms with Crippen molar-refractivity contribution < 1.29 is 4.74 Å². The molecule has 1 saturated heterocycles. The molecule has 1 aliphatic rings. The number of aliphatic imine (C=N–C) groups is 1. The smallest absolute Gasteiger partial charge is 0.213 e. The van der Waals surface area contributed by atoms with E-state index in [2.05, 4.69) is 62.8 Å². The van der Waals surface area contributed by atoms with E-state index in [9.17, 15) is 0 Å². The molecule has 2 atom stereocenters. The lowest BCUT2D eigenvalue weighted by molar-refractivity contribution is 0.258. The number of hydrogen-bond acceptors (Lipinski definition) is 4. The Balaban J connectivity index is 0.00000300. The number of hydrogen-bond donors (Lipinski definition) is 2. The van der Waals surface area contributed by atoms with Crippen LogP contribution in [0.4, 0.5) is 0 Å². The van der Waals surface area contributed by atoms with Crippen LogP contribution in [-0.2, 0) is 13.1 Å². The fourth-order valence-corrected chi connectivity index (χ4v) is 3.60. The number of halogens is 1. The maximum Gasteiger partial charge on any atom is 0.213 e. The van der Waals surface area contributed by atoms with Crippen molar-refractivity contribution in [3.8, 4) is 5.88 Å². The second-order valence-electron chi connectivity index (χ2n) is 7.20. The Kier molecular flexibility index (Phi) is 9.66. The zero-order valence-electron chi connectivity index (χ0n) is 17.5. The van der Waals surface area contributed by atoms with Crippen molar-refractivity contribution in [3.05, 3.63) is 59.8 Å². The van der Waals surface area contributed by atoms with Gasteiger partial charge in [0.15, 0.2) is 5.96 Å². The van der Waals surface area contributed by atoms with E-state index in [1.807, 2.05) is 26.1 Å². The highest BCUT2D eigenvalue weighted by molar-refractivity contribution is 14.0. The predicted octanol–water partition coefficient (Wildman–Crippen LogP) is 3.43. The first-order chi connectivity index (χ1) is 13.7. The lowest BCUT2D eigenvalue weighted by Crippen LogP contribution is -2.44. The highest BCUT2D eigenvalue weighted by atomic mass is 127. The van der Waals surface area contributed by atoms with Crippen molar-refractivity contribution in [2.45, 2.75) is 45.4 Å². The third-order valence-corrected chi connectivity index (χ3v) is 5.05. The first-order valence-corrected chi connectivity index (χ1v) is 10.0. The Hall–Kier alpha value is -1.87. The van der Waals surface area contributed by atoms with Gasteiger partial charge < -0.3 is 15.4 Å². The largest absolute Gasteiger partial charge is 0.478 e. The Morgan fingerprint density at radius 3 is 2.76 bits per heavy atom. The van der Waals surface area contributed by atoms with Crippen LogP contribution >= 0.6 is 24.0 Å². The molecule has 0 spiro atoms. The number of likely N-dealkylation sites (tertiary alicyclic amines) is 1. The topological polar surface area (TPSA) is 61.8 Å². The van der Waals surface area contributed by atoms with Gasteiger partial charge in [0.2, 0.25) is 5.88 Å². The first-order valence-electron chi connectivity index (χ1n) is 10.0. The van der Waals surface area contributed by atoms with Crippen molar-refractivity contribution in [2.75, 3.05) is 20.2 Å². The Morgan fingerprint density at radius 2 is 2.03 bits per heavy atom. The van der Waals surface area contributed by atoms with Gasteiger partial charge in [-0.25, -0.2) is 4.98 Å². The zero-order valence-corrected chi connectivity index (χ0v) is 19.8. The highest BCUT2D eigenvalue weighted by Gasteiger charge is 2.29. The van der Waals surface area contributed by atoms with E-state index in [-0.39, 0.29) is 24.0 Å². The molecule has 1 aliphatic heterocycles. The molecule has 1 aromatic heterocycles. The summed E-state index contributed by atoms with van der Waals surface area (Å²) in [5, 5.41) is 6.97. The Bertz CT molecular complexity index is 771. The zero-order chi connectivity index (χ0) is 19.8. The molecular weight excluding hydrogens is 477 g/mol. The van der Waals surface area contributed by atoms with Gasteiger partial charge in [0, 0.05) is 51.0 Å². The highest BCUT2D eigenvalue weighted by Crippen LogP contribution is 2.20. The van der Waals surface area contributed by atoms with E-state index in [1.165, 1.54) is 5.56 Å². The number of benzene rings is 1. The molecule has 29 heavy (non-hydrogen) atoms. The number of guanidine groups is 1. The molecule has 6 nitrogen and oxygen atoms in total. The van der Waals surface area contributed by atoms with Crippen LogP contribution in [0.25, 0.3) is 0 Å². The molecule has 7 heteroatoms. The van der Waals surface area contributed by atoms with E-state index in [1.54, 1.807) is 6.20 Å². The summed E-state index contributed by atoms with van der Waals surface area (Å²) in [6.45, 7) is 7.56. The van der Waals surface area contributed by atoms with Gasteiger partial charge in [-0.1, -0.05) is 30.3 Å². The second kappa shape index (κ2) is 12.0. The average Bonchev–Trinajstić information content (AvgIpc) is 3.05. The Labute approximate surface area is 191 Å². The maximum absolute atomic E-state index is 5.47. The van der Waals surface area contributed by atoms with Crippen LogP contribution in [0, 0.1) is 0 Å². The quantitative estimate of drug-likeness (QED) is 0.340. The van der Waals surface area contributed by atoms with Crippen LogP contribution in [0.1, 0.15) is 31.4 Å². The molecule has 2 N–H and O–H groups in total. The van der Waals surface area contributed by atoms with E-state index >= 15 is 0 Å². The van der Waals surface area contributed by atoms with Gasteiger partial charge in [-0.2, -0.15) is 0 Å². The van der Waals surface area contributed by atoms with Crippen LogP contribution in [0.15, 0.2) is 53.7 Å². The standard InChI is InChI=1S/C22H31N5O.HI/c1-4-28-21-13-19(10-11-24-21)14-25-22(23-3)26-20-12-17(2)27(16-20)15-18-8-6-5-7-9-18;/h5-11,13,17,20H,4,12,14-16H2,1-3H3,(H2,23,25,26);1H. The van der Waals surface area contributed by atoms with E-state index in [0.717, 1.165) is 31.0 Å². The van der Waals surface area contributed by atoms with Gasteiger partial charge in [-0.05, 0) is 37.5 Å². The predicted molar refractivity (Wildman–Crippen MR) is 129 cm³/mol. The fraction of sp³-hybridized carbons (Fsp3) is 0.455. The molecule has 2 aromatic rings. The van der Waals surface area contributed by atoms with Gasteiger partial charge in [-0.15, -0.1) is 24.0 Å². The summed E-state index contributed by atoms with van der Waals surface area (Å²) in [6.07, 6.45) is 2.88. The minimum Gasteiger partial charge on any atom is -0.478 e. The van der Waals surface area contributed by atoms with Crippen molar-refractivity contribution in [2.24, 2.45) is 4.99 Å². The van der Waals surface area contributed by atoms with E-state index in [4.69, 9.17) is 4.74 Å². The third kappa shape index (κ3) is 7.15. The monoisotopic (exact) mass is 509 g/mol. The fourth-order valence-electron chi connectivity index (χ4n) is 3.60. The lowest BCUT2D eigenvalue weighted by atomic mass is 10.2. The number of pyridine rings is 1. The molecular formula is C22H32IN5O. The van der Waals surface area contributed by atoms with Gasteiger partial charge in [0.25, 0.3) is 0 Å². The number of ether oxygens (including phenoxy) is 1. The molecule has 0 saturated carbocycles. The van der Waals surface area contributed by atoms with Crippen molar-refractivity contribution >= 4 is 29.9 Å². The average molecular weight is 509 g/mol. The summed E-state index contributed by atoms with van der Waals surface area (Å²) in [5.41, 5.74) is 2.48. The molecule has 0 radical (unpaired) electrons. The molecule has 2 unspecified atom stereocenters. The summed E-state index contributed by atoms with van der Waals surface area (Å²) in [4.78, 5) is 11.1. The third-order valence-electron chi connectivity index (χ3n) is 5.05. The molecule has 3 rings (SSSR count). The van der Waals surface area contributed by atoms with Crippen LogP contribution < -0.4 is 15.4 Å². The molecule has 1 aromatic carbocycles. The molecule has 0 amide bonds. The van der Waals surface area contributed by atoms with Crippen LogP contribution in [-0.4, -0.2) is 48.1 Å². The normalized spacial score (nSPS) is 19.5. The van der Waals surface area contributed by atoms with Crippen molar-refractivity contribution in [1.82, 2.24) is 20.5 Å². The number of nitrogens with zero attached hydrogens (tertiary/aromatic N) is 3. The molecule has 158 valence electrons. The van der Waals surface area contributed by atoms with E-state index < -0.39 is 0 Å². The lowest BCUT2D eigenvalue weighted by Gasteiger charge is -2.21. The Morgan fingerprint density at radius 1 is 1.24 bits per heavy atom. The second-order valence-corrected chi connectivity index (χ2v) is 7.20. The number of rotatable bonds is 7. The molecule has 0 aliphatic carbocycles. The van der Waals surface area contributed by atoms with Gasteiger partial charge in [0.05, 0.1) is 6.61 Å². The van der Waals surface area contributed by atoms with Crippen LogP contribution in [0.2, 0.25) is 0 Å². The van der Waals surface area contributed by atoms with Gasteiger partial charge >= 0.3 is 0 Å².